The number of rotatable bonds is 8. The van der Waals surface area contributed by atoms with Crippen LogP contribution < -0.4 is 14.8 Å². The Balaban J connectivity index is 1.45. The number of fused-ring (bicyclic) bond motifs is 1. The monoisotopic (exact) mass is 485 g/mol. The molecule has 3 aromatic rings. The van der Waals surface area contributed by atoms with Crippen molar-refractivity contribution in [1.82, 2.24) is 14.2 Å². The quantitative estimate of drug-likeness (QED) is 0.528. The molecule has 9 heteroatoms. The van der Waals surface area contributed by atoms with Gasteiger partial charge in [-0.3, -0.25) is 4.79 Å². The zero-order valence-electron chi connectivity index (χ0n) is 19.8. The van der Waals surface area contributed by atoms with E-state index in [0.29, 0.717) is 37.4 Å². The van der Waals surface area contributed by atoms with E-state index in [1.165, 1.54) is 4.31 Å². The summed E-state index contributed by atoms with van der Waals surface area (Å²) in [5.41, 5.74) is 1.83. The molecule has 0 saturated carbocycles. The van der Waals surface area contributed by atoms with Crippen molar-refractivity contribution < 1.29 is 22.7 Å². The van der Waals surface area contributed by atoms with Crippen LogP contribution in [-0.2, 0) is 27.9 Å². The van der Waals surface area contributed by atoms with Gasteiger partial charge in [-0.25, -0.2) is 8.42 Å². The Hall–Kier alpha value is -3.04. The first-order valence-corrected chi connectivity index (χ1v) is 12.9. The molecule has 1 unspecified atom stereocenters. The van der Waals surface area contributed by atoms with Crippen LogP contribution >= 0.6 is 0 Å². The zero-order valence-corrected chi connectivity index (χ0v) is 20.6. The van der Waals surface area contributed by atoms with Crippen molar-refractivity contribution in [2.24, 2.45) is 5.92 Å². The Bertz CT molecular complexity index is 1280. The normalized spacial score (nSPS) is 17.0. The summed E-state index contributed by atoms with van der Waals surface area (Å²) in [4.78, 5) is 13.2. The number of carbonyl (C=O) groups excluding carboxylic acids is 1. The average molecular weight is 486 g/mol. The Morgan fingerprint density at radius 3 is 2.68 bits per heavy atom. The molecule has 34 heavy (non-hydrogen) atoms. The van der Waals surface area contributed by atoms with Gasteiger partial charge in [0.1, 0.15) is 11.5 Å². The van der Waals surface area contributed by atoms with Crippen LogP contribution in [-0.4, -0.2) is 50.5 Å². The standard InChI is InChI=1S/C25H31N3O5S/c1-4-27-13-11-18-14-22(9-10-23(18)27)34(30,31)28-12-5-6-20(17-28)25(29)26-16-19-7-8-21(32-2)15-24(19)33-3/h7-11,13-15,20H,4-6,12,16-17H2,1-3H3,(H,26,29). The first-order valence-electron chi connectivity index (χ1n) is 11.4. The molecule has 2 heterocycles. The van der Waals surface area contributed by atoms with Gasteiger partial charge < -0.3 is 19.4 Å². The summed E-state index contributed by atoms with van der Waals surface area (Å²) >= 11 is 0. The predicted octanol–water partition coefficient (Wildman–Crippen LogP) is 3.40. The van der Waals surface area contributed by atoms with E-state index in [-0.39, 0.29) is 17.3 Å². The fourth-order valence-corrected chi connectivity index (χ4v) is 6.02. The highest BCUT2D eigenvalue weighted by molar-refractivity contribution is 7.89. The van der Waals surface area contributed by atoms with E-state index < -0.39 is 15.9 Å². The van der Waals surface area contributed by atoms with Gasteiger partial charge in [-0.2, -0.15) is 4.31 Å². The lowest BCUT2D eigenvalue weighted by atomic mass is 9.98. The molecule has 1 atom stereocenters. The molecule has 0 radical (unpaired) electrons. The van der Waals surface area contributed by atoms with Gasteiger partial charge in [0.2, 0.25) is 15.9 Å². The van der Waals surface area contributed by atoms with E-state index in [0.717, 1.165) is 23.0 Å². The minimum Gasteiger partial charge on any atom is -0.497 e. The van der Waals surface area contributed by atoms with Gasteiger partial charge in [0.05, 0.1) is 25.0 Å². The van der Waals surface area contributed by atoms with Crippen LogP contribution in [0.4, 0.5) is 0 Å². The molecule has 0 bridgehead atoms. The summed E-state index contributed by atoms with van der Waals surface area (Å²) < 4.78 is 40.8. The molecule has 0 spiro atoms. The van der Waals surface area contributed by atoms with Gasteiger partial charge in [-0.1, -0.05) is 0 Å². The predicted molar refractivity (Wildman–Crippen MR) is 130 cm³/mol. The summed E-state index contributed by atoms with van der Waals surface area (Å²) in [6, 6.07) is 12.6. The third-order valence-electron chi connectivity index (χ3n) is 6.42. The highest BCUT2D eigenvalue weighted by Crippen LogP contribution is 2.28. The molecule has 0 aliphatic carbocycles. The third kappa shape index (κ3) is 4.76. The highest BCUT2D eigenvalue weighted by atomic mass is 32.2. The minimum atomic E-state index is -3.69. The van der Waals surface area contributed by atoms with E-state index in [1.54, 1.807) is 32.4 Å². The number of hydrogen-bond acceptors (Lipinski definition) is 5. The molecule has 1 fully saturated rings. The second kappa shape index (κ2) is 10.1. The van der Waals surface area contributed by atoms with Crippen LogP contribution in [0.2, 0.25) is 0 Å². The number of methoxy groups -OCH3 is 2. The third-order valence-corrected chi connectivity index (χ3v) is 8.28. The second-order valence-corrected chi connectivity index (χ2v) is 10.4. The summed E-state index contributed by atoms with van der Waals surface area (Å²) in [5.74, 6) is 0.732. The first-order chi connectivity index (χ1) is 16.4. The molecule has 8 nitrogen and oxygen atoms in total. The molecule has 1 saturated heterocycles. The fourth-order valence-electron chi connectivity index (χ4n) is 4.46. The second-order valence-electron chi connectivity index (χ2n) is 8.42. The lowest BCUT2D eigenvalue weighted by molar-refractivity contribution is -0.126. The number of carbonyl (C=O) groups is 1. The number of ether oxygens (including phenoxy) is 2. The Labute approximate surface area is 200 Å². The molecule has 1 aromatic heterocycles. The lowest BCUT2D eigenvalue weighted by Gasteiger charge is -2.31. The molecule has 1 aliphatic rings. The Morgan fingerprint density at radius 2 is 1.94 bits per heavy atom. The lowest BCUT2D eigenvalue weighted by Crippen LogP contribution is -2.45. The number of nitrogens with one attached hydrogen (secondary N) is 1. The number of hydrogen-bond donors (Lipinski definition) is 1. The van der Waals surface area contributed by atoms with Crippen molar-refractivity contribution in [1.29, 1.82) is 0 Å². The minimum absolute atomic E-state index is 0.159. The van der Waals surface area contributed by atoms with Crippen LogP contribution in [0.5, 0.6) is 11.5 Å². The van der Waals surface area contributed by atoms with Crippen LogP contribution in [0, 0.1) is 5.92 Å². The molecule has 1 amide bonds. The van der Waals surface area contributed by atoms with Crippen molar-refractivity contribution in [3.8, 4) is 11.5 Å². The van der Waals surface area contributed by atoms with E-state index in [2.05, 4.69) is 9.88 Å². The SMILES string of the molecule is CCn1ccc2cc(S(=O)(=O)N3CCCC(C(=O)NCc4ccc(OC)cc4OC)C3)ccc21. The Kier molecular flexibility index (Phi) is 7.13. The van der Waals surface area contributed by atoms with Gasteiger partial charge >= 0.3 is 0 Å². The topological polar surface area (TPSA) is 89.9 Å². The van der Waals surface area contributed by atoms with Crippen molar-refractivity contribution in [3.05, 3.63) is 54.2 Å². The van der Waals surface area contributed by atoms with Crippen molar-refractivity contribution in [2.75, 3.05) is 27.3 Å². The number of aryl methyl sites for hydroxylation is 1. The maximum atomic E-state index is 13.4. The van der Waals surface area contributed by atoms with Gasteiger partial charge in [0.15, 0.2) is 0 Å². The van der Waals surface area contributed by atoms with Gasteiger partial charge in [-0.15, -0.1) is 0 Å². The van der Waals surface area contributed by atoms with E-state index in [4.69, 9.17) is 9.47 Å². The summed E-state index contributed by atoms with van der Waals surface area (Å²) in [7, 11) is -0.543. The van der Waals surface area contributed by atoms with Crippen molar-refractivity contribution >= 4 is 26.8 Å². The number of piperidine rings is 1. The first kappa shape index (κ1) is 24.1. The van der Waals surface area contributed by atoms with E-state index >= 15 is 0 Å². The largest absolute Gasteiger partial charge is 0.497 e. The summed E-state index contributed by atoms with van der Waals surface area (Å²) in [5, 5.41) is 3.83. The summed E-state index contributed by atoms with van der Waals surface area (Å²) in [6.07, 6.45) is 3.24. The van der Waals surface area contributed by atoms with Crippen molar-refractivity contribution in [3.63, 3.8) is 0 Å². The van der Waals surface area contributed by atoms with Gasteiger partial charge in [0, 0.05) is 54.9 Å². The fraction of sp³-hybridized carbons (Fsp3) is 0.400. The molecule has 182 valence electrons. The van der Waals surface area contributed by atoms with Crippen LogP contribution in [0.15, 0.2) is 53.6 Å². The Morgan fingerprint density at radius 1 is 1.12 bits per heavy atom. The maximum absolute atomic E-state index is 13.4. The smallest absolute Gasteiger partial charge is 0.243 e. The van der Waals surface area contributed by atoms with Crippen LogP contribution in [0.3, 0.4) is 0 Å². The number of benzene rings is 2. The number of sulfonamides is 1. The molecule has 2 aromatic carbocycles. The highest BCUT2D eigenvalue weighted by Gasteiger charge is 2.33. The molecule has 1 aliphatic heterocycles. The molecular formula is C25H31N3O5S. The molecule has 4 rings (SSSR count). The van der Waals surface area contributed by atoms with Gasteiger partial charge in [0.25, 0.3) is 0 Å². The van der Waals surface area contributed by atoms with Crippen molar-refractivity contribution in [2.45, 2.75) is 37.8 Å². The summed E-state index contributed by atoms with van der Waals surface area (Å²) in [6.45, 7) is 3.74. The molecule has 1 N–H and O–H groups in total. The van der Waals surface area contributed by atoms with Crippen LogP contribution in [0.1, 0.15) is 25.3 Å². The van der Waals surface area contributed by atoms with E-state index in [1.807, 2.05) is 37.4 Å². The average Bonchev–Trinajstić information content (AvgIpc) is 3.29. The zero-order chi connectivity index (χ0) is 24.3. The van der Waals surface area contributed by atoms with E-state index in [9.17, 15) is 13.2 Å². The van der Waals surface area contributed by atoms with Crippen LogP contribution in [0.25, 0.3) is 10.9 Å². The maximum Gasteiger partial charge on any atom is 0.243 e. The molecular weight excluding hydrogens is 454 g/mol. The number of amides is 1. The van der Waals surface area contributed by atoms with Gasteiger partial charge in [-0.05, 0) is 56.2 Å². The number of nitrogens with zero attached hydrogens (tertiary/aromatic N) is 2. The number of aromatic nitrogens is 1.